The fraction of sp³-hybridized carbons (Fsp3) is 0.538. The van der Waals surface area contributed by atoms with E-state index in [0.717, 1.165) is 31.5 Å². The van der Waals surface area contributed by atoms with Gasteiger partial charge in [-0.1, -0.05) is 12.1 Å². The summed E-state index contributed by atoms with van der Waals surface area (Å²) in [7, 11) is 0. The van der Waals surface area contributed by atoms with E-state index in [-0.39, 0.29) is 11.9 Å². The maximum absolute atomic E-state index is 12.7. The number of piperidine rings is 1. The molecule has 1 saturated heterocycles. The molecule has 0 aromatic heterocycles. The zero-order valence-electron chi connectivity index (χ0n) is 9.32. The van der Waals surface area contributed by atoms with Crippen LogP contribution in [-0.2, 0) is 6.42 Å². The van der Waals surface area contributed by atoms with E-state index < -0.39 is 0 Å². The Morgan fingerprint density at radius 2 is 2.12 bits per heavy atom. The Morgan fingerprint density at radius 3 is 2.75 bits per heavy atom. The van der Waals surface area contributed by atoms with Crippen molar-refractivity contribution >= 4 is 0 Å². The van der Waals surface area contributed by atoms with Gasteiger partial charge in [0.05, 0.1) is 6.10 Å². The second-order valence-electron chi connectivity index (χ2n) is 4.50. The lowest BCUT2D eigenvalue weighted by Crippen LogP contribution is -2.37. The predicted octanol–water partition coefficient (Wildman–Crippen LogP) is 1.73. The topological polar surface area (TPSA) is 32.3 Å². The van der Waals surface area contributed by atoms with Crippen LogP contribution in [0.5, 0.6) is 0 Å². The minimum atomic E-state index is -0.321. The molecule has 0 spiro atoms. The van der Waals surface area contributed by atoms with E-state index in [0.29, 0.717) is 12.3 Å². The van der Waals surface area contributed by atoms with Crippen molar-refractivity contribution in [2.24, 2.45) is 5.92 Å². The van der Waals surface area contributed by atoms with Crippen LogP contribution in [0, 0.1) is 11.7 Å². The summed E-state index contributed by atoms with van der Waals surface area (Å²) >= 11 is 0. The molecule has 1 aromatic carbocycles. The minimum absolute atomic E-state index is 0.224. The van der Waals surface area contributed by atoms with Crippen molar-refractivity contribution in [3.63, 3.8) is 0 Å². The lowest BCUT2D eigenvalue weighted by molar-refractivity contribution is 0.0922. The lowest BCUT2D eigenvalue weighted by Gasteiger charge is -2.27. The summed E-state index contributed by atoms with van der Waals surface area (Å²) in [5, 5.41) is 13.4. The highest BCUT2D eigenvalue weighted by molar-refractivity contribution is 5.17. The molecule has 2 unspecified atom stereocenters. The third-order valence-electron chi connectivity index (χ3n) is 3.24. The largest absolute Gasteiger partial charge is 0.392 e. The summed E-state index contributed by atoms with van der Waals surface area (Å²) in [6, 6.07) is 6.38. The third kappa shape index (κ3) is 3.03. The summed E-state index contributed by atoms with van der Waals surface area (Å²) in [4.78, 5) is 0. The van der Waals surface area contributed by atoms with E-state index in [1.54, 1.807) is 12.1 Å². The monoisotopic (exact) mass is 223 g/mol. The molecule has 1 heterocycles. The van der Waals surface area contributed by atoms with E-state index >= 15 is 0 Å². The molecular formula is C13H18FNO. The quantitative estimate of drug-likeness (QED) is 0.818. The van der Waals surface area contributed by atoms with E-state index in [1.165, 1.54) is 12.1 Å². The Hall–Kier alpha value is -0.930. The van der Waals surface area contributed by atoms with Gasteiger partial charge in [-0.15, -0.1) is 0 Å². The van der Waals surface area contributed by atoms with Crippen LogP contribution in [0.1, 0.15) is 18.4 Å². The summed E-state index contributed by atoms with van der Waals surface area (Å²) < 4.78 is 12.7. The van der Waals surface area contributed by atoms with Crippen molar-refractivity contribution in [3.8, 4) is 0 Å². The van der Waals surface area contributed by atoms with Gasteiger partial charge in [0.25, 0.3) is 0 Å². The second kappa shape index (κ2) is 5.41. The molecule has 0 amide bonds. The summed E-state index contributed by atoms with van der Waals surface area (Å²) in [6.45, 7) is 1.95. The summed E-state index contributed by atoms with van der Waals surface area (Å²) in [6.07, 6.45) is 2.51. The number of hydrogen-bond acceptors (Lipinski definition) is 2. The van der Waals surface area contributed by atoms with E-state index in [9.17, 15) is 9.50 Å². The van der Waals surface area contributed by atoms with Gasteiger partial charge < -0.3 is 10.4 Å². The van der Waals surface area contributed by atoms with Crippen molar-refractivity contribution in [1.29, 1.82) is 0 Å². The van der Waals surface area contributed by atoms with Crippen LogP contribution < -0.4 is 5.32 Å². The highest BCUT2D eigenvalue weighted by atomic mass is 19.1. The molecule has 2 N–H and O–H groups in total. The van der Waals surface area contributed by atoms with Crippen molar-refractivity contribution in [2.75, 3.05) is 13.1 Å². The van der Waals surface area contributed by atoms with E-state index in [2.05, 4.69) is 5.32 Å². The van der Waals surface area contributed by atoms with Crippen LogP contribution in [0.3, 0.4) is 0 Å². The van der Waals surface area contributed by atoms with Crippen LogP contribution in [-0.4, -0.2) is 24.3 Å². The zero-order valence-corrected chi connectivity index (χ0v) is 9.32. The Bertz CT molecular complexity index is 319. The van der Waals surface area contributed by atoms with Gasteiger partial charge in [-0.3, -0.25) is 0 Å². The van der Waals surface area contributed by atoms with Gasteiger partial charge in [-0.25, -0.2) is 4.39 Å². The van der Waals surface area contributed by atoms with E-state index in [4.69, 9.17) is 0 Å². The molecule has 2 rings (SSSR count). The number of aliphatic hydroxyl groups is 1. The zero-order chi connectivity index (χ0) is 11.4. The van der Waals surface area contributed by atoms with Crippen molar-refractivity contribution in [1.82, 2.24) is 5.32 Å². The van der Waals surface area contributed by atoms with E-state index in [1.807, 2.05) is 0 Å². The molecule has 1 aromatic rings. The van der Waals surface area contributed by atoms with Crippen LogP contribution in [0.15, 0.2) is 24.3 Å². The molecule has 2 nitrogen and oxygen atoms in total. The first-order valence-electron chi connectivity index (χ1n) is 5.89. The Balaban J connectivity index is 1.90. The molecular weight excluding hydrogens is 205 g/mol. The summed E-state index contributed by atoms with van der Waals surface area (Å²) in [5.41, 5.74) is 1.000. The lowest BCUT2D eigenvalue weighted by atomic mass is 9.90. The van der Waals surface area contributed by atoms with Gasteiger partial charge in [-0.05, 0) is 49.4 Å². The SMILES string of the molecule is OC(Cc1ccc(F)cc1)C1CCCNC1. The first-order chi connectivity index (χ1) is 7.75. The van der Waals surface area contributed by atoms with Crippen LogP contribution in [0.4, 0.5) is 4.39 Å². The maximum Gasteiger partial charge on any atom is 0.123 e. The molecule has 2 atom stereocenters. The number of hydrogen-bond donors (Lipinski definition) is 2. The number of halogens is 1. The molecule has 1 fully saturated rings. The van der Waals surface area contributed by atoms with Crippen molar-refractivity contribution < 1.29 is 9.50 Å². The van der Waals surface area contributed by atoms with Crippen LogP contribution in [0.2, 0.25) is 0 Å². The normalized spacial score (nSPS) is 23.0. The van der Waals surface area contributed by atoms with Crippen molar-refractivity contribution in [2.45, 2.75) is 25.4 Å². The molecule has 0 saturated carbocycles. The van der Waals surface area contributed by atoms with Crippen LogP contribution in [0.25, 0.3) is 0 Å². The average Bonchev–Trinajstić information content (AvgIpc) is 2.33. The highest BCUT2D eigenvalue weighted by Crippen LogP contribution is 2.18. The highest BCUT2D eigenvalue weighted by Gasteiger charge is 2.21. The summed E-state index contributed by atoms with van der Waals surface area (Å²) in [5.74, 6) is 0.108. The van der Waals surface area contributed by atoms with Gasteiger partial charge >= 0.3 is 0 Å². The molecule has 88 valence electrons. The fourth-order valence-corrected chi connectivity index (χ4v) is 2.24. The number of aliphatic hydroxyl groups excluding tert-OH is 1. The molecule has 3 heteroatoms. The molecule has 0 bridgehead atoms. The molecule has 0 aliphatic carbocycles. The smallest absolute Gasteiger partial charge is 0.123 e. The van der Waals surface area contributed by atoms with Gasteiger partial charge in [0.15, 0.2) is 0 Å². The molecule has 16 heavy (non-hydrogen) atoms. The molecule has 1 aliphatic heterocycles. The average molecular weight is 223 g/mol. The number of benzene rings is 1. The van der Waals surface area contributed by atoms with Crippen LogP contribution >= 0.6 is 0 Å². The molecule has 0 radical (unpaired) electrons. The Labute approximate surface area is 95.5 Å². The second-order valence-corrected chi connectivity index (χ2v) is 4.50. The standard InChI is InChI=1S/C13H18FNO/c14-12-5-3-10(4-6-12)8-13(16)11-2-1-7-15-9-11/h3-6,11,13,15-16H,1-2,7-9H2. The number of nitrogens with one attached hydrogen (secondary N) is 1. The number of rotatable bonds is 3. The van der Waals surface area contributed by atoms with Gasteiger partial charge in [0.1, 0.15) is 5.82 Å². The van der Waals surface area contributed by atoms with Crippen molar-refractivity contribution in [3.05, 3.63) is 35.6 Å². The minimum Gasteiger partial charge on any atom is -0.392 e. The maximum atomic E-state index is 12.7. The Kier molecular flexibility index (Phi) is 3.91. The Morgan fingerprint density at radius 1 is 1.38 bits per heavy atom. The predicted molar refractivity (Wildman–Crippen MR) is 61.7 cm³/mol. The van der Waals surface area contributed by atoms with Gasteiger partial charge in [-0.2, -0.15) is 0 Å². The van der Waals surface area contributed by atoms with Gasteiger partial charge in [0, 0.05) is 6.54 Å². The van der Waals surface area contributed by atoms with Gasteiger partial charge in [0.2, 0.25) is 0 Å². The first kappa shape index (κ1) is 11.6. The third-order valence-corrected chi connectivity index (χ3v) is 3.24. The molecule has 1 aliphatic rings. The first-order valence-corrected chi connectivity index (χ1v) is 5.89. The fourth-order valence-electron chi connectivity index (χ4n) is 2.24.